The van der Waals surface area contributed by atoms with E-state index in [1.54, 1.807) is 12.1 Å². The van der Waals surface area contributed by atoms with Crippen molar-refractivity contribution in [2.75, 3.05) is 16.4 Å². The van der Waals surface area contributed by atoms with Gasteiger partial charge in [0.05, 0.1) is 11.3 Å². The summed E-state index contributed by atoms with van der Waals surface area (Å²) in [6, 6.07) is 17.8. The van der Waals surface area contributed by atoms with Gasteiger partial charge in [0.2, 0.25) is 5.91 Å². The first-order valence-electron chi connectivity index (χ1n) is 8.61. The molecule has 9 heteroatoms. The third kappa shape index (κ3) is 6.49. The van der Waals surface area contributed by atoms with Crippen LogP contribution in [0.15, 0.2) is 71.8 Å². The Hall–Kier alpha value is -3.07. The molecule has 0 aliphatic heterocycles. The monoisotopic (exact) mass is 418 g/mol. The lowest BCUT2D eigenvalue weighted by Crippen LogP contribution is -2.15. The quantitative estimate of drug-likeness (QED) is 0.538. The molecule has 29 heavy (non-hydrogen) atoms. The maximum atomic E-state index is 12.7. The summed E-state index contributed by atoms with van der Waals surface area (Å²) in [6.07, 6.45) is -4.46. The van der Waals surface area contributed by atoms with Gasteiger partial charge >= 0.3 is 6.18 Å². The molecule has 0 radical (unpaired) electrons. The Morgan fingerprint density at radius 1 is 0.966 bits per heavy atom. The van der Waals surface area contributed by atoms with Crippen LogP contribution in [0.4, 0.5) is 24.7 Å². The second-order valence-corrected chi connectivity index (χ2v) is 7.01. The van der Waals surface area contributed by atoms with E-state index in [1.165, 1.54) is 12.1 Å². The molecular formula is C20H17F3N4OS. The van der Waals surface area contributed by atoms with Gasteiger partial charge in [0.1, 0.15) is 10.8 Å². The third-order valence-corrected chi connectivity index (χ3v) is 4.70. The topological polar surface area (TPSA) is 66.9 Å². The van der Waals surface area contributed by atoms with E-state index in [2.05, 4.69) is 20.8 Å². The van der Waals surface area contributed by atoms with Crippen LogP contribution in [0.1, 0.15) is 11.1 Å². The Morgan fingerprint density at radius 2 is 1.76 bits per heavy atom. The molecule has 3 rings (SSSR count). The average Bonchev–Trinajstić information content (AvgIpc) is 2.72. The molecule has 0 saturated carbocycles. The summed E-state index contributed by atoms with van der Waals surface area (Å²) in [5.41, 5.74) is 0.392. The van der Waals surface area contributed by atoms with Crippen LogP contribution in [0.5, 0.6) is 0 Å². The highest BCUT2D eigenvalue weighted by Crippen LogP contribution is 2.30. The SMILES string of the molecule is O=C(CSc1ccc(NCc2ccccc2)nn1)Nc1cccc(C(F)(F)F)c1. The highest BCUT2D eigenvalue weighted by molar-refractivity contribution is 7.99. The second-order valence-electron chi connectivity index (χ2n) is 6.01. The molecule has 2 aromatic carbocycles. The molecule has 0 aliphatic carbocycles. The number of alkyl halides is 3. The lowest BCUT2D eigenvalue weighted by molar-refractivity contribution is -0.137. The van der Waals surface area contributed by atoms with E-state index in [0.29, 0.717) is 17.4 Å². The van der Waals surface area contributed by atoms with Crippen molar-refractivity contribution in [1.29, 1.82) is 0 Å². The fraction of sp³-hybridized carbons (Fsp3) is 0.150. The summed E-state index contributed by atoms with van der Waals surface area (Å²) in [5, 5.41) is 14.2. The molecule has 3 aromatic rings. The highest BCUT2D eigenvalue weighted by Gasteiger charge is 2.30. The van der Waals surface area contributed by atoms with Crippen LogP contribution in [0.25, 0.3) is 0 Å². The first-order valence-corrected chi connectivity index (χ1v) is 9.60. The fourth-order valence-corrected chi connectivity index (χ4v) is 3.00. The fourth-order valence-electron chi connectivity index (χ4n) is 2.39. The molecule has 150 valence electrons. The summed E-state index contributed by atoms with van der Waals surface area (Å²) in [6.45, 7) is 0.613. The van der Waals surface area contributed by atoms with Crippen LogP contribution in [-0.2, 0) is 17.5 Å². The van der Waals surface area contributed by atoms with Crippen LogP contribution >= 0.6 is 11.8 Å². The predicted octanol–water partition coefficient (Wildman–Crippen LogP) is 4.84. The van der Waals surface area contributed by atoms with Crippen molar-refractivity contribution < 1.29 is 18.0 Å². The first kappa shape index (κ1) is 20.7. The van der Waals surface area contributed by atoms with Crippen LogP contribution in [0.2, 0.25) is 0 Å². The number of carbonyl (C=O) groups excluding carboxylic acids is 1. The molecule has 0 fully saturated rings. The molecule has 1 amide bonds. The number of aromatic nitrogens is 2. The molecule has 0 unspecified atom stereocenters. The zero-order valence-corrected chi connectivity index (χ0v) is 15.9. The number of rotatable bonds is 7. The highest BCUT2D eigenvalue weighted by atomic mass is 32.2. The minimum absolute atomic E-state index is 0.00170. The van der Waals surface area contributed by atoms with Gasteiger partial charge in [0.25, 0.3) is 0 Å². The predicted molar refractivity (Wildman–Crippen MR) is 107 cm³/mol. The van der Waals surface area contributed by atoms with E-state index >= 15 is 0 Å². The number of nitrogens with one attached hydrogen (secondary N) is 2. The normalized spacial score (nSPS) is 11.1. The van der Waals surface area contributed by atoms with Gasteiger partial charge in [-0.15, -0.1) is 10.2 Å². The largest absolute Gasteiger partial charge is 0.416 e. The number of carbonyl (C=O) groups is 1. The minimum atomic E-state index is -4.46. The van der Waals surface area contributed by atoms with Gasteiger partial charge in [0, 0.05) is 12.2 Å². The van der Waals surface area contributed by atoms with Gasteiger partial charge in [0.15, 0.2) is 0 Å². The number of hydrogen-bond acceptors (Lipinski definition) is 5. The number of halogens is 3. The van der Waals surface area contributed by atoms with Crippen molar-refractivity contribution >= 4 is 29.2 Å². The number of nitrogens with zero attached hydrogens (tertiary/aromatic N) is 2. The van der Waals surface area contributed by atoms with Crippen LogP contribution < -0.4 is 10.6 Å². The van der Waals surface area contributed by atoms with Crippen molar-refractivity contribution in [2.45, 2.75) is 17.7 Å². The average molecular weight is 418 g/mol. The van der Waals surface area contributed by atoms with Crippen molar-refractivity contribution in [3.05, 3.63) is 77.9 Å². The molecular weight excluding hydrogens is 401 g/mol. The van der Waals surface area contributed by atoms with E-state index in [-0.39, 0.29) is 11.4 Å². The van der Waals surface area contributed by atoms with Gasteiger partial charge in [-0.2, -0.15) is 13.2 Å². The van der Waals surface area contributed by atoms with Gasteiger partial charge in [-0.3, -0.25) is 4.79 Å². The molecule has 0 saturated heterocycles. The zero-order chi connectivity index (χ0) is 20.7. The molecule has 1 heterocycles. The number of anilines is 2. The zero-order valence-electron chi connectivity index (χ0n) is 15.1. The van der Waals surface area contributed by atoms with Crippen LogP contribution in [0, 0.1) is 0 Å². The standard InChI is InChI=1S/C20H17F3N4OS/c21-20(22,23)15-7-4-8-16(11-15)25-18(28)13-29-19-10-9-17(26-27-19)24-12-14-5-2-1-3-6-14/h1-11H,12-13H2,(H,24,26)(H,25,28). The van der Waals surface area contributed by atoms with Crippen molar-refractivity contribution in [2.24, 2.45) is 0 Å². The molecule has 5 nitrogen and oxygen atoms in total. The van der Waals surface area contributed by atoms with Gasteiger partial charge in [-0.1, -0.05) is 48.2 Å². The molecule has 0 atom stereocenters. The summed E-state index contributed by atoms with van der Waals surface area (Å²) < 4.78 is 38.2. The van der Waals surface area contributed by atoms with Crippen molar-refractivity contribution in [1.82, 2.24) is 10.2 Å². The van der Waals surface area contributed by atoms with E-state index in [4.69, 9.17) is 0 Å². The maximum Gasteiger partial charge on any atom is 0.416 e. The summed E-state index contributed by atoms with van der Waals surface area (Å²) in [7, 11) is 0. The molecule has 0 bridgehead atoms. The molecule has 0 aliphatic rings. The lowest BCUT2D eigenvalue weighted by atomic mass is 10.2. The maximum absolute atomic E-state index is 12.7. The number of benzene rings is 2. The third-order valence-electron chi connectivity index (χ3n) is 3.78. The van der Waals surface area contributed by atoms with E-state index in [9.17, 15) is 18.0 Å². The number of thioether (sulfide) groups is 1. The Labute approximate surface area is 169 Å². The molecule has 0 spiro atoms. The smallest absolute Gasteiger partial charge is 0.365 e. The number of hydrogen-bond donors (Lipinski definition) is 2. The van der Waals surface area contributed by atoms with Crippen LogP contribution in [-0.4, -0.2) is 21.9 Å². The summed E-state index contributed by atoms with van der Waals surface area (Å²) in [5.74, 6) is 0.177. The number of amides is 1. The van der Waals surface area contributed by atoms with Gasteiger partial charge in [-0.25, -0.2) is 0 Å². The Kier molecular flexibility index (Phi) is 6.71. The van der Waals surface area contributed by atoms with Crippen molar-refractivity contribution in [3.63, 3.8) is 0 Å². The minimum Gasteiger partial charge on any atom is -0.365 e. The Morgan fingerprint density at radius 3 is 2.45 bits per heavy atom. The second kappa shape index (κ2) is 9.42. The molecule has 2 N–H and O–H groups in total. The van der Waals surface area contributed by atoms with Gasteiger partial charge in [-0.05, 0) is 35.9 Å². The summed E-state index contributed by atoms with van der Waals surface area (Å²) in [4.78, 5) is 12.0. The molecule has 1 aromatic heterocycles. The van der Waals surface area contributed by atoms with E-state index in [0.717, 1.165) is 29.5 Å². The van der Waals surface area contributed by atoms with Crippen molar-refractivity contribution in [3.8, 4) is 0 Å². The first-order chi connectivity index (χ1) is 13.9. The Bertz CT molecular complexity index is 950. The van der Waals surface area contributed by atoms with Crippen LogP contribution in [0.3, 0.4) is 0 Å². The van der Waals surface area contributed by atoms with E-state index < -0.39 is 17.6 Å². The van der Waals surface area contributed by atoms with Gasteiger partial charge < -0.3 is 10.6 Å². The Balaban J connectivity index is 1.48. The lowest BCUT2D eigenvalue weighted by Gasteiger charge is -2.09. The summed E-state index contributed by atoms with van der Waals surface area (Å²) >= 11 is 1.15. The van der Waals surface area contributed by atoms with E-state index in [1.807, 2.05) is 30.3 Å².